The van der Waals surface area contributed by atoms with Gasteiger partial charge < -0.3 is 13.0 Å². The maximum Gasteiger partial charge on any atom is 1.00 e. The molecule has 16 heavy (non-hydrogen) atoms. The summed E-state index contributed by atoms with van der Waals surface area (Å²) in [7, 11) is -2.86. The molecule has 0 unspecified atom stereocenters. The molecule has 0 amide bonds. The van der Waals surface area contributed by atoms with E-state index in [9.17, 15) is 22.0 Å². The monoisotopic (exact) mass is 256 g/mol. The van der Waals surface area contributed by atoms with Crippen molar-refractivity contribution in [3.05, 3.63) is 35.2 Å². The Balaban J connectivity index is 0. The van der Waals surface area contributed by atoms with Crippen LogP contribution in [0, 0.1) is 29.1 Å². The number of hydrogen-bond acceptors (Lipinski definition) is 3. The molecule has 0 saturated heterocycles. The van der Waals surface area contributed by atoms with Crippen LogP contribution in [0.4, 0.5) is 22.0 Å². The maximum atomic E-state index is 12.0. The molecular weight excluding hydrogens is 254 g/mol. The van der Waals surface area contributed by atoms with Crippen molar-refractivity contribution >= 4 is 11.0 Å². The third-order valence-electron chi connectivity index (χ3n) is 1.06. The van der Waals surface area contributed by atoms with Crippen LogP contribution in [-0.4, -0.2) is 4.55 Å². The first-order valence-corrected chi connectivity index (χ1v) is 4.07. The Hall–Kier alpha value is -0.623. The van der Waals surface area contributed by atoms with E-state index in [1.165, 1.54) is 0 Å². The minimum absolute atomic E-state index is 0. The van der Waals surface area contributed by atoms with Crippen molar-refractivity contribution in [3.8, 4) is 0 Å². The molecule has 0 aliphatic rings. The van der Waals surface area contributed by atoms with Crippen molar-refractivity contribution in [1.82, 2.24) is 0 Å². The predicted molar refractivity (Wildman–Crippen MR) is 37.6 cm³/mol. The van der Waals surface area contributed by atoms with Gasteiger partial charge in [-0.2, -0.15) is 0 Å². The number of hydrogen-bond donors (Lipinski definition) is 1. The standard InChI is InChI=1S/C6HF5.Li.HO3S/c7-2-1-3(8)5(10)6(11)4(2)9;;1-4(2)3/h1H;;(H,1,2,3)/q;+1;-1. The summed E-state index contributed by atoms with van der Waals surface area (Å²) in [4.78, 5) is 0. The van der Waals surface area contributed by atoms with Gasteiger partial charge in [0.15, 0.2) is 23.3 Å². The molecular formula is C6H2F5LiO3S. The van der Waals surface area contributed by atoms with Gasteiger partial charge in [0.1, 0.15) is 0 Å². The topological polar surface area (TPSA) is 54.4 Å². The van der Waals surface area contributed by atoms with Gasteiger partial charge in [0.05, 0.1) is 0 Å². The fraction of sp³-hybridized carbons (Fsp3) is 0. The molecule has 0 fully saturated rings. The fourth-order valence-electron chi connectivity index (χ4n) is 0.544. The SMILES string of the molecule is Fc1cc(F)c(F)c(F)c1F.O=[S-](=O)O.[Li+]. The fourth-order valence-corrected chi connectivity index (χ4v) is 0.544. The summed E-state index contributed by atoms with van der Waals surface area (Å²) in [6, 6.07) is -0.0618. The van der Waals surface area contributed by atoms with Crippen molar-refractivity contribution in [2.45, 2.75) is 0 Å². The number of rotatable bonds is 0. The molecule has 10 heteroatoms. The molecule has 1 N–H and O–H groups in total. The Morgan fingerprint density at radius 2 is 1.12 bits per heavy atom. The van der Waals surface area contributed by atoms with Crippen LogP contribution in [-0.2, 0) is 19.4 Å². The molecule has 3 nitrogen and oxygen atoms in total. The third-order valence-corrected chi connectivity index (χ3v) is 1.06. The van der Waals surface area contributed by atoms with Crippen LogP contribution in [0.25, 0.3) is 0 Å². The first-order valence-electron chi connectivity index (χ1n) is 3.04. The zero-order valence-electron chi connectivity index (χ0n) is 7.64. The van der Waals surface area contributed by atoms with E-state index in [1.807, 2.05) is 0 Å². The van der Waals surface area contributed by atoms with E-state index in [4.69, 9.17) is 13.0 Å². The summed E-state index contributed by atoms with van der Waals surface area (Å²) >= 11 is 0. The summed E-state index contributed by atoms with van der Waals surface area (Å²) < 4.78 is 84.1. The molecule has 0 saturated carbocycles. The van der Waals surface area contributed by atoms with Crippen molar-refractivity contribution in [3.63, 3.8) is 0 Å². The van der Waals surface area contributed by atoms with E-state index in [1.54, 1.807) is 0 Å². The van der Waals surface area contributed by atoms with Gasteiger partial charge in [-0.25, -0.2) is 22.0 Å². The van der Waals surface area contributed by atoms with Crippen LogP contribution in [0.5, 0.6) is 0 Å². The summed E-state index contributed by atoms with van der Waals surface area (Å²) in [6.45, 7) is 0. The molecule has 1 aromatic rings. The van der Waals surface area contributed by atoms with Gasteiger partial charge in [-0.3, -0.25) is 0 Å². The summed E-state index contributed by atoms with van der Waals surface area (Å²) in [5.74, 6) is -9.65. The van der Waals surface area contributed by atoms with Gasteiger partial charge in [0, 0.05) is 17.1 Å². The van der Waals surface area contributed by atoms with Crippen molar-refractivity contribution in [1.29, 1.82) is 0 Å². The molecule has 0 aromatic heterocycles. The molecule has 0 aliphatic carbocycles. The number of halogens is 5. The van der Waals surface area contributed by atoms with Crippen LogP contribution < -0.4 is 18.9 Å². The largest absolute Gasteiger partial charge is 1.00 e. The van der Waals surface area contributed by atoms with Crippen molar-refractivity contribution in [2.75, 3.05) is 0 Å². The van der Waals surface area contributed by atoms with Gasteiger partial charge in [-0.15, -0.1) is 0 Å². The van der Waals surface area contributed by atoms with Gasteiger partial charge >= 0.3 is 18.9 Å². The Morgan fingerprint density at radius 1 is 0.875 bits per heavy atom. The van der Waals surface area contributed by atoms with E-state index in [0.29, 0.717) is 0 Å². The van der Waals surface area contributed by atoms with Gasteiger partial charge in [-0.1, -0.05) is 0 Å². The van der Waals surface area contributed by atoms with Crippen LogP contribution in [0.15, 0.2) is 6.07 Å². The average molecular weight is 256 g/mol. The first kappa shape index (κ1) is 17.8. The second kappa shape index (κ2) is 7.62. The van der Waals surface area contributed by atoms with Gasteiger partial charge in [-0.05, 0) is 0 Å². The molecule has 86 valence electrons. The third kappa shape index (κ3) is 5.46. The first-order chi connectivity index (χ1) is 6.77. The number of benzene rings is 1. The molecule has 0 spiro atoms. The van der Waals surface area contributed by atoms with Gasteiger partial charge in [0.2, 0.25) is 5.82 Å². The minimum atomic E-state index is -2.86. The Kier molecular flexibility index (Phi) is 8.46. The predicted octanol–water partition coefficient (Wildman–Crippen LogP) is -0.845. The Labute approximate surface area is 100 Å². The molecule has 1 rings (SSSR count). The normalized spacial score (nSPS) is 9.19. The molecule has 0 heterocycles. The smallest absolute Gasteiger partial charge is 0.439 e. The van der Waals surface area contributed by atoms with Crippen LogP contribution in [0.1, 0.15) is 0 Å². The summed E-state index contributed by atoms with van der Waals surface area (Å²) in [5, 5.41) is 0. The van der Waals surface area contributed by atoms with Crippen LogP contribution in [0.2, 0.25) is 0 Å². The maximum absolute atomic E-state index is 12.0. The van der Waals surface area contributed by atoms with Crippen molar-refractivity contribution < 1.29 is 53.8 Å². The van der Waals surface area contributed by atoms with Crippen LogP contribution >= 0.6 is 0 Å². The van der Waals surface area contributed by atoms with E-state index in [2.05, 4.69) is 0 Å². The Morgan fingerprint density at radius 3 is 1.38 bits per heavy atom. The van der Waals surface area contributed by atoms with E-state index >= 15 is 0 Å². The zero-order chi connectivity index (χ0) is 12.2. The molecule has 1 aromatic carbocycles. The minimum Gasteiger partial charge on any atom is -0.439 e. The molecule has 0 radical (unpaired) electrons. The molecule has 0 bridgehead atoms. The second-order valence-corrected chi connectivity index (χ2v) is 2.43. The zero-order valence-corrected chi connectivity index (χ0v) is 8.46. The summed E-state index contributed by atoms with van der Waals surface area (Å²) in [6.07, 6.45) is 0. The van der Waals surface area contributed by atoms with Gasteiger partial charge in [0.25, 0.3) is 0 Å². The van der Waals surface area contributed by atoms with E-state index in [-0.39, 0.29) is 24.9 Å². The van der Waals surface area contributed by atoms with E-state index in [0.717, 1.165) is 0 Å². The quantitative estimate of drug-likeness (QED) is 0.125. The van der Waals surface area contributed by atoms with Crippen molar-refractivity contribution in [2.24, 2.45) is 0 Å². The molecule has 0 atom stereocenters. The van der Waals surface area contributed by atoms with E-state index < -0.39 is 40.1 Å². The molecule has 0 aliphatic heterocycles. The second-order valence-electron chi connectivity index (χ2n) is 2.00. The van der Waals surface area contributed by atoms with Crippen LogP contribution in [0.3, 0.4) is 0 Å². The average Bonchev–Trinajstić information content (AvgIpc) is 2.11. The summed E-state index contributed by atoms with van der Waals surface area (Å²) in [5.41, 5.74) is 0. The Bertz CT molecular complexity index is 402.